The van der Waals surface area contributed by atoms with Crippen molar-refractivity contribution in [3.63, 3.8) is 0 Å². The minimum absolute atomic E-state index is 0.0110. The van der Waals surface area contributed by atoms with Crippen LogP contribution in [0.4, 0.5) is 0 Å². The lowest BCUT2D eigenvalue weighted by Gasteiger charge is -2.40. The minimum Gasteiger partial charge on any atom is -0.339 e. The van der Waals surface area contributed by atoms with Crippen LogP contribution in [0, 0.1) is 6.92 Å². The molecule has 9 heteroatoms. The van der Waals surface area contributed by atoms with Crippen molar-refractivity contribution in [3.8, 4) is 17.1 Å². The summed E-state index contributed by atoms with van der Waals surface area (Å²) in [6.45, 7) is 5.77. The average molecular weight is 633 g/mol. The van der Waals surface area contributed by atoms with Gasteiger partial charge in [0.15, 0.2) is 11.0 Å². The van der Waals surface area contributed by atoms with Gasteiger partial charge in [-0.25, -0.2) is 0 Å². The highest BCUT2D eigenvalue weighted by molar-refractivity contribution is 9.10. The van der Waals surface area contributed by atoms with Crippen molar-refractivity contribution in [1.29, 1.82) is 0 Å². The maximum Gasteiger partial charge on any atom is 0.254 e. The van der Waals surface area contributed by atoms with Gasteiger partial charge in [0.1, 0.15) is 0 Å². The van der Waals surface area contributed by atoms with Gasteiger partial charge in [0.25, 0.3) is 5.91 Å². The average Bonchev–Trinajstić information content (AvgIpc) is 3.41. The van der Waals surface area contributed by atoms with E-state index in [4.69, 9.17) is 0 Å². The predicted molar refractivity (Wildman–Crippen MR) is 167 cm³/mol. The zero-order valence-corrected chi connectivity index (χ0v) is 25.8. The number of aromatic nitrogens is 3. The fourth-order valence-electron chi connectivity index (χ4n) is 5.04. The SMILES string of the molecule is Cc1ccc(-n2c(SCCCCC(=O)N3CCN(C(=O)c4cccc(Br)c4)C(C)C3)nnc2-c2ccccc2)cc1. The largest absolute Gasteiger partial charge is 0.339 e. The molecule has 0 bridgehead atoms. The molecule has 1 fully saturated rings. The fourth-order valence-corrected chi connectivity index (χ4v) is 6.39. The van der Waals surface area contributed by atoms with Crippen molar-refractivity contribution in [2.45, 2.75) is 44.3 Å². The van der Waals surface area contributed by atoms with Crippen LogP contribution >= 0.6 is 27.7 Å². The molecule has 0 saturated carbocycles. The molecule has 212 valence electrons. The number of rotatable bonds is 9. The van der Waals surface area contributed by atoms with Crippen molar-refractivity contribution in [1.82, 2.24) is 24.6 Å². The summed E-state index contributed by atoms with van der Waals surface area (Å²) in [4.78, 5) is 29.8. The van der Waals surface area contributed by atoms with E-state index in [1.165, 1.54) is 5.56 Å². The van der Waals surface area contributed by atoms with Crippen LogP contribution in [0.2, 0.25) is 0 Å². The number of unbranched alkanes of at least 4 members (excludes halogenated alkanes) is 1. The number of nitrogens with zero attached hydrogens (tertiary/aromatic N) is 5. The van der Waals surface area contributed by atoms with E-state index in [0.717, 1.165) is 45.3 Å². The number of benzene rings is 3. The van der Waals surface area contributed by atoms with Crippen molar-refractivity contribution < 1.29 is 9.59 Å². The van der Waals surface area contributed by atoms with Crippen LogP contribution in [0.25, 0.3) is 17.1 Å². The molecule has 2 heterocycles. The first-order chi connectivity index (χ1) is 19.9. The molecule has 1 saturated heterocycles. The Kier molecular flexibility index (Phi) is 9.57. The third-order valence-electron chi connectivity index (χ3n) is 7.29. The van der Waals surface area contributed by atoms with Crippen LogP contribution in [0.15, 0.2) is 88.5 Å². The van der Waals surface area contributed by atoms with Crippen molar-refractivity contribution in [2.75, 3.05) is 25.4 Å². The lowest BCUT2D eigenvalue weighted by atomic mass is 10.1. The molecule has 0 spiro atoms. The first kappa shape index (κ1) is 29.1. The van der Waals surface area contributed by atoms with Crippen molar-refractivity contribution in [2.24, 2.45) is 0 Å². The summed E-state index contributed by atoms with van der Waals surface area (Å²) in [5, 5.41) is 9.89. The number of carbonyl (C=O) groups excluding carboxylic acids is 2. The molecule has 0 aliphatic carbocycles. The van der Waals surface area contributed by atoms with Gasteiger partial charge in [0.2, 0.25) is 5.91 Å². The van der Waals surface area contributed by atoms with Crippen LogP contribution in [-0.4, -0.2) is 67.8 Å². The Hall–Kier alpha value is -3.43. The quantitative estimate of drug-likeness (QED) is 0.153. The third kappa shape index (κ3) is 7.08. The molecular formula is C32H34BrN5O2S. The highest BCUT2D eigenvalue weighted by Gasteiger charge is 2.30. The predicted octanol–water partition coefficient (Wildman–Crippen LogP) is 6.64. The molecule has 4 aromatic rings. The molecule has 1 atom stereocenters. The summed E-state index contributed by atoms with van der Waals surface area (Å²) in [6.07, 6.45) is 2.21. The normalized spacial score (nSPS) is 15.2. The molecule has 1 aromatic heterocycles. The number of halogens is 1. The molecular weight excluding hydrogens is 598 g/mol. The van der Waals surface area contributed by atoms with Crippen molar-refractivity contribution in [3.05, 3.63) is 94.5 Å². The standard InChI is InChI=1S/C32H34BrN5O2S/c1-23-14-16-28(17-15-23)38-30(25-9-4-3-5-10-25)34-35-32(38)41-20-7-6-13-29(39)36-18-19-37(24(2)22-36)31(40)26-11-8-12-27(33)21-26/h3-5,8-12,14-17,21,24H,6-7,13,18-20,22H2,1-2H3. The van der Waals surface area contributed by atoms with E-state index in [-0.39, 0.29) is 17.9 Å². The van der Waals surface area contributed by atoms with Crippen LogP contribution in [0.1, 0.15) is 42.1 Å². The van der Waals surface area contributed by atoms with Crippen LogP contribution in [0.3, 0.4) is 0 Å². The monoisotopic (exact) mass is 631 g/mol. The molecule has 1 aliphatic rings. The van der Waals surface area contributed by atoms with E-state index < -0.39 is 0 Å². The fraction of sp³-hybridized carbons (Fsp3) is 0.312. The van der Waals surface area contributed by atoms with E-state index in [0.29, 0.717) is 31.6 Å². The minimum atomic E-state index is -0.0262. The Bertz CT molecular complexity index is 1490. The summed E-state index contributed by atoms with van der Waals surface area (Å²) in [5.74, 6) is 1.83. The van der Waals surface area contributed by atoms with E-state index in [2.05, 4.69) is 61.9 Å². The second-order valence-corrected chi connectivity index (χ2v) is 12.3. The number of piperazine rings is 1. The molecule has 41 heavy (non-hydrogen) atoms. The maximum absolute atomic E-state index is 13.0. The molecule has 0 radical (unpaired) electrons. The topological polar surface area (TPSA) is 71.3 Å². The second kappa shape index (κ2) is 13.5. The smallest absolute Gasteiger partial charge is 0.254 e. The highest BCUT2D eigenvalue weighted by atomic mass is 79.9. The Morgan fingerprint density at radius 1 is 0.951 bits per heavy atom. The van der Waals surface area contributed by atoms with E-state index >= 15 is 0 Å². The Balaban J connectivity index is 1.13. The van der Waals surface area contributed by atoms with E-state index in [1.807, 2.05) is 71.3 Å². The van der Waals surface area contributed by atoms with Gasteiger partial charge < -0.3 is 9.80 Å². The number of aryl methyl sites for hydroxylation is 1. The van der Waals surface area contributed by atoms with E-state index in [9.17, 15) is 9.59 Å². The highest BCUT2D eigenvalue weighted by Crippen LogP contribution is 2.29. The Morgan fingerprint density at radius 2 is 1.73 bits per heavy atom. The zero-order valence-electron chi connectivity index (χ0n) is 23.4. The molecule has 1 aliphatic heterocycles. The van der Waals surface area contributed by atoms with Gasteiger partial charge in [-0.1, -0.05) is 81.8 Å². The first-order valence-corrected chi connectivity index (χ1v) is 15.7. The summed E-state index contributed by atoms with van der Waals surface area (Å²) in [6, 6.07) is 25.9. The summed E-state index contributed by atoms with van der Waals surface area (Å²) in [7, 11) is 0. The van der Waals surface area contributed by atoms with Crippen LogP contribution in [0.5, 0.6) is 0 Å². The lowest BCUT2D eigenvalue weighted by Crippen LogP contribution is -2.55. The molecule has 5 rings (SSSR count). The third-order valence-corrected chi connectivity index (χ3v) is 8.79. The van der Waals surface area contributed by atoms with Crippen LogP contribution < -0.4 is 0 Å². The Morgan fingerprint density at radius 3 is 2.46 bits per heavy atom. The number of amides is 2. The number of hydrogen-bond acceptors (Lipinski definition) is 5. The van der Waals surface area contributed by atoms with Crippen molar-refractivity contribution >= 4 is 39.5 Å². The van der Waals surface area contributed by atoms with Gasteiger partial charge >= 0.3 is 0 Å². The van der Waals surface area contributed by atoms with Gasteiger partial charge in [-0.15, -0.1) is 10.2 Å². The summed E-state index contributed by atoms with van der Waals surface area (Å²) < 4.78 is 3.00. The Labute approximate surface area is 254 Å². The van der Waals surface area contributed by atoms with Gasteiger partial charge in [-0.2, -0.15) is 0 Å². The van der Waals surface area contributed by atoms with Gasteiger partial charge in [0.05, 0.1) is 0 Å². The summed E-state index contributed by atoms with van der Waals surface area (Å²) >= 11 is 5.11. The molecule has 3 aromatic carbocycles. The molecule has 2 amide bonds. The van der Waals surface area contributed by atoms with Gasteiger partial charge in [0, 0.05) is 59.1 Å². The first-order valence-electron chi connectivity index (χ1n) is 14.0. The van der Waals surface area contributed by atoms with Crippen LogP contribution in [-0.2, 0) is 4.79 Å². The molecule has 7 nitrogen and oxygen atoms in total. The van der Waals surface area contributed by atoms with E-state index in [1.54, 1.807) is 11.8 Å². The number of hydrogen-bond donors (Lipinski definition) is 0. The second-order valence-electron chi connectivity index (χ2n) is 10.3. The van der Waals surface area contributed by atoms with Gasteiger partial charge in [-0.3, -0.25) is 14.2 Å². The van der Waals surface area contributed by atoms with Gasteiger partial charge in [-0.05, 0) is 57.0 Å². The maximum atomic E-state index is 13.0. The number of thioether (sulfide) groups is 1. The number of carbonyl (C=O) groups is 2. The molecule has 0 N–H and O–H groups in total. The molecule has 1 unspecified atom stereocenters. The zero-order chi connectivity index (χ0) is 28.8. The summed E-state index contributed by atoms with van der Waals surface area (Å²) in [5.41, 5.74) is 3.92. The lowest BCUT2D eigenvalue weighted by molar-refractivity contribution is -0.133.